The lowest BCUT2D eigenvalue weighted by Gasteiger charge is -2.29. The zero-order valence-corrected chi connectivity index (χ0v) is 11.7. The van der Waals surface area contributed by atoms with Crippen LogP contribution in [0, 0.1) is 23.0 Å². The van der Waals surface area contributed by atoms with Gasteiger partial charge in [0.05, 0.1) is 4.92 Å². The first-order chi connectivity index (χ1) is 9.52. The SMILES string of the molecule is Cc1nc(NN)nc(NC2CCCCC2C)c1[N+](=O)[O-]. The van der Waals surface area contributed by atoms with Crippen molar-refractivity contribution in [1.82, 2.24) is 9.97 Å². The normalized spacial score (nSPS) is 22.4. The van der Waals surface area contributed by atoms with Gasteiger partial charge in [0.25, 0.3) is 0 Å². The highest BCUT2D eigenvalue weighted by Crippen LogP contribution is 2.31. The fraction of sp³-hybridized carbons (Fsp3) is 0.667. The van der Waals surface area contributed by atoms with Crippen molar-refractivity contribution in [3.8, 4) is 0 Å². The summed E-state index contributed by atoms with van der Waals surface area (Å²) in [5.74, 6) is 6.19. The summed E-state index contributed by atoms with van der Waals surface area (Å²) < 4.78 is 0. The summed E-state index contributed by atoms with van der Waals surface area (Å²) in [6.45, 7) is 3.73. The molecule has 8 heteroatoms. The van der Waals surface area contributed by atoms with Gasteiger partial charge in [0.2, 0.25) is 11.8 Å². The largest absolute Gasteiger partial charge is 0.361 e. The molecule has 1 saturated carbocycles. The number of nitrogens with two attached hydrogens (primary N) is 1. The Morgan fingerprint density at radius 1 is 1.35 bits per heavy atom. The summed E-state index contributed by atoms with van der Waals surface area (Å²) in [5.41, 5.74) is 2.55. The summed E-state index contributed by atoms with van der Waals surface area (Å²) in [7, 11) is 0. The molecule has 0 bridgehead atoms. The highest BCUT2D eigenvalue weighted by atomic mass is 16.6. The first-order valence-electron chi connectivity index (χ1n) is 6.79. The number of nitrogens with zero attached hydrogens (tertiary/aromatic N) is 3. The summed E-state index contributed by atoms with van der Waals surface area (Å²) in [5, 5.41) is 14.4. The molecular weight excluding hydrogens is 260 g/mol. The molecule has 0 spiro atoms. The Labute approximate surface area is 117 Å². The third kappa shape index (κ3) is 2.96. The van der Waals surface area contributed by atoms with Crippen LogP contribution in [0.2, 0.25) is 0 Å². The third-order valence-corrected chi connectivity index (χ3v) is 3.80. The maximum atomic E-state index is 11.2. The van der Waals surface area contributed by atoms with Gasteiger partial charge >= 0.3 is 5.69 Å². The van der Waals surface area contributed by atoms with E-state index in [0.29, 0.717) is 11.6 Å². The maximum absolute atomic E-state index is 11.2. The average molecular weight is 280 g/mol. The molecule has 1 aliphatic carbocycles. The number of rotatable bonds is 4. The summed E-state index contributed by atoms with van der Waals surface area (Å²) >= 11 is 0. The summed E-state index contributed by atoms with van der Waals surface area (Å²) in [6, 6.07) is 0.197. The van der Waals surface area contributed by atoms with Crippen molar-refractivity contribution >= 4 is 17.5 Å². The Kier molecular flexibility index (Phi) is 4.33. The van der Waals surface area contributed by atoms with E-state index in [1.54, 1.807) is 6.92 Å². The molecule has 2 unspecified atom stereocenters. The molecule has 0 aromatic carbocycles. The van der Waals surface area contributed by atoms with Crippen LogP contribution in [0.4, 0.5) is 17.5 Å². The van der Waals surface area contributed by atoms with Crippen LogP contribution < -0.4 is 16.6 Å². The first-order valence-corrected chi connectivity index (χ1v) is 6.79. The Morgan fingerprint density at radius 2 is 2.05 bits per heavy atom. The van der Waals surface area contributed by atoms with E-state index in [2.05, 4.69) is 27.6 Å². The lowest BCUT2D eigenvalue weighted by atomic mass is 9.86. The van der Waals surface area contributed by atoms with Crippen LogP contribution in [0.3, 0.4) is 0 Å². The van der Waals surface area contributed by atoms with E-state index in [4.69, 9.17) is 5.84 Å². The van der Waals surface area contributed by atoms with E-state index in [0.717, 1.165) is 19.3 Å². The van der Waals surface area contributed by atoms with E-state index in [1.165, 1.54) is 6.42 Å². The number of hydrogen-bond donors (Lipinski definition) is 3. The zero-order chi connectivity index (χ0) is 14.7. The molecule has 110 valence electrons. The highest BCUT2D eigenvalue weighted by Gasteiger charge is 2.27. The first kappa shape index (κ1) is 14.4. The number of anilines is 2. The number of hydrazine groups is 1. The number of nitrogen functional groups attached to an aromatic ring is 1. The van der Waals surface area contributed by atoms with Gasteiger partial charge in [-0.2, -0.15) is 4.98 Å². The molecule has 1 fully saturated rings. The fourth-order valence-corrected chi connectivity index (χ4v) is 2.66. The quantitative estimate of drug-likeness (QED) is 0.438. The van der Waals surface area contributed by atoms with E-state index in [9.17, 15) is 10.1 Å². The van der Waals surface area contributed by atoms with Gasteiger partial charge in [-0.05, 0) is 25.7 Å². The second-order valence-electron chi connectivity index (χ2n) is 5.24. The van der Waals surface area contributed by atoms with Crippen LogP contribution >= 0.6 is 0 Å². The number of nitrogens with one attached hydrogen (secondary N) is 2. The summed E-state index contributed by atoms with van der Waals surface area (Å²) in [4.78, 5) is 18.8. The molecule has 1 heterocycles. The lowest BCUT2D eigenvalue weighted by molar-refractivity contribution is -0.385. The topological polar surface area (TPSA) is 119 Å². The molecule has 2 atom stereocenters. The van der Waals surface area contributed by atoms with Crippen LogP contribution in [-0.2, 0) is 0 Å². The molecule has 1 aromatic rings. The lowest BCUT2D eigenvalue weighted by Crippen LogP contribution is -2.31. The minimum Gasteiger partial charge on any atom is -0.361 e. The van der Waals surface area contributed by atoms with Gasteiger partial charge in [0.1, 0.15) is 5.69 Å². The number of hydrogen-bond acceptors (Lipinski definition) is 7. The van der Waals surface area contributed by atoms with Crippen molar-refractivity contribution < 1.29 is 4.92 Å². The third-order valence-electron chi connectivity index (χ3n) is 3.80. The van der Waals surface area contributed by atoms with Crippen molar-refractivity contribution in [3.05, 3.63) is 15.8 Å². The molecule has 0 amide bonds. The van der Waals surface area contributed by atoms with Gasteiger partial charge in [-0.3, -0.25) is 15.5 Å². The number of nitro groups is 1. The van der Waals surface area contributed by atoms with Gasteiger partial charge in [0.15, 0.2) is 0 Å². The molecule has 0 radical (unpaired) electrons. The minimum absolute atomic E-state index is 0.0817. The molecule has 1 aromatic heterocycles. The Bertz CT molecular complexity index is 507. The Balaban J connectivity index is 2.33. The smallest absolute Gasteiger partial charge is 0.332 e. The van der Waals surface area contributed by atoms with Gasteiger partial charge in [-0.1, -0.05) is 19.8 Å². The molecule has 0 aliphatic heterocycles. The van der Waals surface area contributed by atoms with E-state index >= 15 is 0 Å². The number of aromatic nitrogens is 2. The van der Waals surface area contributed by atoms with Crippen molar-refractivity contribution in [1.29, 1.82) is 0 Å². The fourth-order valence-electron chi connectivity index (χ4n) is 2.66. The van der Waals surface area contributed by atoms with Crippen LogP contribution in [0.15, 0.2) is 0 Å². The maximum Gasteiger partial charge on any atom is 0.332 e. The molecule has 8 nitrogen and oxygen atoms in total. The van der Waals surface area contributed by atoms with Crippen molar-refractivity contribution in [2.24, 2.45) is 11.8 Å². The molecule has 2 rings (SSSR count). The standard InChI is InChI=1S/C12H20N6O2/c1-7-5-3-4-6-9(7)15-11-10(18(19)20)8(2)14-12(16-11)17-13/h7,9H,3-6,13H2,1-2H3,(H2,14,15,16,17). The van der Waals surface area contributed by atoms with E-state index < -0.39 is 4.92 Å². The van der Waals surface area contributed by atoms with Crippen molar-refractivity contribution in [2.75, 3.05) is 10.7 Å². The van der Waals surface area contributed by atoms with Gasteiger partial charge in [0, 0.05) is 6.04 Å². The molecule has 0 saturated heterocycles. The van der Waals surface area contributed by atoms with Gasteiger partial charge in [-0.25, -0.2) is 10.8 Å². The second kappa shape index (κ2) is 6.00. The minimum atomic E-state index is -0.453. The zero-order valence-electron chi connectivity index (χ0n) is 11.7. The molecule has 4 N–H and O–H groups in total. The summed E-state index contributed by atoms with van der Waals surface area (Å²) in [6.07, 6.45) is 4.45. The number of aryl methyl sites for hydroxylation is 1. The molecular formula is C12H20N6O2. The van der Waals surface area contributed by atoms with E-state index in [-0.39, 0.29) is 23.5 Å². The van der Waals surface area contributed by atoms with Gasteiger partial charge < -0.3 is 5.32 Å². The van der Waals surface area contributed by atoms with Crippen LogP contribution in [0.25, 0.3) is 0 Å². The van der Waals surface area contributed by atoms with E-state index in [1.807, 2.05) is 0 Å². The Morgan fingerprint density at radius 3 is 2.65 bits per heavy atom. The van der Waals surface area contributed by atoms with Crippen LogP contribution in [0.1, 0.15) is 38.3 Å². The van der Waals surface area contributed by atoms with Crippen molar-refractivity contribution in [2.45, 2.75) is 45.6 Å². The predicted molar refractivity (Wildman–Crippen MR) is 76.3 cm³/mol. The van der Waals surface area contributed by atoms with Crippen LogP contribution in [0.5, 0.6) is 0 Å². The van der Waals surface area contributed by atoms with Crippen LogP contribution in [-0.4, -0.2) is 20.9 Å². The Hall–Kier alpha value is -1.96. The van der Waals surface area contributed by atoms with Crippen molar-refractivity contribution in [3.63, 3.8) is 0 Å². The average Bonchev–Trinajstić information content (AvgIpc) is 2.40. The highest BCUT2D eigenvalue weighted by molar-refractivity contribution is 5.61. The molecule has 20 heavy (non-hydrogen) atoms. The monoisotopic (exact) mass is 280 g/mol. The second-order valence-corrected chi connectivity index (χ2v) is 5.24. The van der Waals surface area contributed by atoms with Gasteiger partial charge in [-0.15, -0.1) is 0 Å². The molecule has 1 aliphatic rings. The predicted octanol–water partition coefficient (Wildman–Crippen LogP) is 1.97.